The molecule has 2 amide bonds. The zero-order chi connectivity index (χ0) is 9.68. The Morgan fingerprint density at radius 2 is 2.54 bits per heavy atom. The lowest BCUT2D eigenvalue weighted by Gasteiger charge is -2.40. The summed E-state index contributed by atoms with van der Waals surface area (Å²) < 4.78 is 5.26. The summed E-state index contributed by atoms with van der Waals surface area (Å²) in [4.78, 5) is 12.9. The third kappa shape index (κ3) is 2.57. The molecule has 0 aliphatic carbocycles. The van der Waals surface area contributed by atoms with Crippen molar-refractivity contribution >= 4 is 6.03 Å². The van der Waals surface area contributed by atoms with Crippen molar-refractivity contribution in [2.75, 3.05) is 33.4 Å². The summed E-state index contributed by atoms with van der Waals surface area (Å²) in [6.07, 6.45) is 1.03. The van der Waals surface area contributed by atoms with Gasteiger partial charge in [-0.25, -0.2) is 4.79 Å². The minimum Gasteiger partial charge on any atom is -0.378 e. The summed E-state index contributed by atoms with van der Waals surface area (Å²) in [6.45, 7) is 2.53. The average Bonchev–Trinajstić information content (AvgIpc) is 2.10. The van der Waals surface area contributed by atoms with Crippen molar-refractivity contribution in [1.29, 1.82) is 0 Å². The molecule has 13 heavy (non-hydrogen) atoms. The predicted molar refractivity (Wildman–Crippen MR) is 49.4 cm³/mol. The van der Waals surface area contributed by atoms with Crippen LogP contribution in [-0.4, -0.2) is 50.3 Å². The number of hydrogen-bond acceptors (Lipinski definition) is 3. The Labute approximate surface area is 78.2 Å². The molecule has 0 spiro atoms. The van der Waals surface area contributed by atoms with Gasteiger partial charge in [-0.15, -0.1) is 0 Å². The monoisotopic (exact) mass is 187 g/mol. The smallest absolute Gasteiger partial charge is 0.317 e. The maximum Gasteiger partial charge on any atom is 0.317 e. The van der Waals surface area contributed by atoms with Crippen LogP contribution in [0.25, 0.3) is 0 Å². The van der Waals surface area contributed by atoms with Crippen LogP contribution in [0, 0.1) is 0 Å². The molecule has 1 aliphatic heterocycles. The zero-order valence-electron chi connectivity index (χ0n) is 7.95. The highest BCUT2D eigenvalue weighted by atomic mass is 16.5. The van der Waals surface area contributed by atoms with Gasteiger partial charge in [0.1, 0.15) is 0 Å². The number of amides is 2. The average molecular weight is 187 g/mol. The van der Waals surface area contributed by atoms with Crippen LogP contribution < -0.4 is 11.1 Å². The first-order chi connectivity index (χ1) is 6.29. The van der Waals surface area contributed by atoms with Gasteiger partial charge >= 0.3 is 6.03 Å². The Morgan fingerprint density at radius 3 is 3.00 bits per heavy atom. The number of nitrogens with zero attached hydrogens (tertiary/aromatic N) is 1. The second-order valence-corrected chi connectivity index (χ2v) is 3.05. The minimum absolute atomic E-state index is 0.0207. The van der Waals surface area contributed by atoms with Crippen LogP contribution in [-0.2, 0) is 4.74 Å². The van der Waals surface area contributed by atoms with E-state index >= 15 is 0 Å². The van der Waals surface area contributed by atoms with Crippen LogP contribution in [0.3, 0.4) is 0 Å². The predicted octanol–water partition coefficient (Wildman–Crippen LogP) is -0.625. The quantitative estimate of drug-likeness (QED) is 0.576. The van der Waals surface area contributed by atoms with Crippen molar-refractivity contribution in [2.24, 2.45) is 5.73 Å². The van der Waals surface area contributed by atoms with Gasteiger partial charge in [-0.2, -0.15) is 0 Å². The van der Waals surface area contributed by atoms with E-state index in [9.17, 15) is 4.79 Å². The van der Waals surface area contributed by atoms with Gasteiger partial charge in [0.25, 0.3) is 0 Å². The number of urea groups is 1. The van der Waals surface area contributed by atoms with Crippen molar-refractivity contribution in [3.8, 4) is 0 Å². The Bertz CT molecular complexity index is 175. The van der Waals surface area contributed by atoms with E-state index in [0.29, 0.717) is 19.8 Å². The lowest BCUT2D eigenvalue weighted by Crippen LogP contribution is -2.56. The van der Waals surface area contributed by atoms with E-state index in [1.54, 1.807) is 11.9 Å². The highest BCUT2D eigenvalue weighted by molar-refractivity contribution is 5.75. The van der Waals surface area contributed by atoms with Crippen LogP contribution in [0.5, 0.6) is 0 Å². The van der Waals surface area contributed by atoms with Crippen LogP contribution in [0.15, 0.2) is 0 Å². The Balaban J connectivity index is 2.17. The maximum atomic E-state index is 11.2. The number of likely N-dealkylation sites (tertiary alicyclic amines) is 1. The van der Waals surface area contributed by atoms with Gasteiger partial charge in [-0.05, 0) is 6.42 Å². The molecule has 0 aromatic heterocycles. The largest absolute Gasteiger partial charge is 0.378 e. The van der Waals surface area contributed by atoms with E-state index in [4.69, 9.17) is 10.5 Å². The fourth-order valence-electron chi connectivity index (χ4n) is 1.33. The van der Waals surface area contributed by atoms with E-state index in [-0.39, 0.29) is 12.1 Å². The molecule has 1 unspecified atom stereocenters. The number of ether oxygens (including phenoxy) is 1. The first kappa shape index (κ1) is 10.3. The van der Waals surface area contributed by atoms with Gasteiger partial charge in [0.2, 0.25) is 0 Å². The fourth-order valence-corrected chi connectivity index (χ4v) is 1.33. The number of nitrogens with one attached hydrogen (secondary N) is 1. The van der Waals surface area contributed by atoms with E-state index in [2.05, 4.69) is 5.32 Å². The molecule has 0 aromatic carbocycles. The summed E-state index contributed by atoms with van der Waals surface area (Å²) in [5.74, 6) is 0. The Morgan fingerprint density at radius 1 is 1.77 bits per heavy atom. The SMILES string of the molecule is CNC(=O)N1CCC1COCCN. The standard InChI is InChI=1S/C8H17N3O2/c1-10-8(12)11-4-2-7(11)6-13-5-3-9/h7H,2-6,9H2,1H3,(H,10,12). The lowest BCUT2D eigenvalue weighted by molar-refractivity contribution is 0.0312. The molecule has 5 heteroatoms. The van der Waals surface area contributed by atoms with Gasteiger partial charge in [0.15, 0.2) is 0 Å². The van der Waals surface area contributed by atoms with Gasteiger partial charge in [0, 0.05) is 20.1 Å². The van der Waals surface area contributed by atoms with Crippen LogP contribution in [0.1, 0.15) is 6.42 Å². The van der Waals surface area contributed by atoms with Crippen molar-refractivity contribution in [3.05, 3.63) is 0 Å². The summed E-state index contributed by atoms with van der Waals surface area (Å²) in [5, 5.41) is 2.59. The zero-order valence-corrected chi connectivity index (χ0v) is 7.95. The number of hydrogen-bond donors (Lipinski definition) is 2. The molecule has 1 saturated heterocycles. The lowest BCUT2D eigenvalue weighted by atomic mass is 10.1. The maximum absolute atomic E-state index is 11.2. The van der Waals surface area contributed by atoms with Crippen LogP contribution >= 0.6 is 0 Å². The molecule has 0 aromatic rings. The van der Waals surface area contributed by atoms with Gasteiger partial charge < -0.3 is 20.7 Å². The van der Waals surface area contributed by atoms with Gasteiger partial charge in [-0.3, -0.25) is 0 Å². The Kier molecular flexibility index (Phi) is 3.98. The molecule has 1 atom stereocenters. The highest BCUT2D eigenvalue weighted by Crippen LogP contribution is 2.16. The molecule has 3 N–H and O–H groups in total. The van der Waals surface area contributed by atoms with Crippen molar-refractivity contribution in [3.63, 3.8) is 0 Å². The van der Waals surface area contributed by atoms with Crippen molar-refractivity contribution in [1.82, 2.24) is 10.2 Å². The van der Waals surface area contributed by atoms with E-state index in [1.165, 1.54) is 0 Å². The molecule has 0 saturated carbocycles. The van der Waals surface area contributed by atoms with Crippen LogP contribution in [0.2, 0.25) is 0 Å². The molecule has 0 radical (unpaired) electrons. The second-order valence-electron chi connectivity index (χ2n) is 3.05. The third-order valence-electron chi connectivity index (χ3n) is 2.19. The van der Waals surface area contributed by atoms with Gasteiger partial charge in [-0.1, -0.05) is 0 Å². The van der Waals surface area contributed by atoms with E-state index in [0.717, 1.165) is 13.0 Å². The summed E-state index contributed by atoms with van der Waals surface area (Å²) in [7, 11) is 1.64. The van der Waals surface area contributed by atoms with Crippen molar-refractivity contribution < 1.29 is 9.53 Å². The van der Waals surface area contributed by atoms with E-state index in [1.807, 2.05) is 0 Å². The molecule has 1 aliphatic rings. The van der Waals surface area contributed by atoms with Gasteiger partial charge in [0.05, 0.1) is 19.3 Å². The number of carbonyl (C=O) groups is 1. The molecule has 76 valence electrons. The van der Waals surface area contributed by atoms with Crippen molar-refractivity contribution in [2.45, 2.75) is 12.5 Å². The topological polar surface area (TPSA) is 67.6 Å². The molecular formula is C8H17N3O2. The second kappa shape index (κ2) is 5.04. The molecule has 1 heterocycles. The first-order valence-electron chi connectivity index (χ1n) is 4.55. The van der Waals surface area contributed by atoms with E-state index < -0.39 is 0 Å². The minimum atomic E-state index is -0.0207. The first-order valence-corrected chi connectivity index (χ1v) is 4.55. The summed E-state index contributed by atoms with van der Waals surface area (Å²) in [5.41, 5.74) is 5.28. The molecule has 0 bridgehead atoms. The highest BCUT2D eigenvalue weighted by Gasteiger charge is 2.31. The third-order valence-corrected chi connectivity index (χ3v) is 2.19. The molecule has 1 rings (SSSR count). The molecular weight excluding hydrogens is 170 g/mol. The summed E-state index contributed by atoms with van der Waals surface area (Å²) >= 11 is 0. The Hall–Kier alpha value is -0.810. The molecule has 5 nitrogen and oxygen atoms in total. The normalized spacial score (nSPS) is 21.1. The number of nitrogens with two attached hydrogens (primary N) is 1. The summed E-state index contributed by atoms with van der Waals surface area (Å²) in [6, 6.07) is 0.221. The fraction of sp³-hybridized carbons (Fsp3) is 0.875. The van der Waals surface area contributed by atoms with Crippen LogP contribution in [0.4, 0.5) is 4.79 Å². The molecule has 1 fully saturated rings. The number of rotatable bonds is 4. The number of carbonyl (C=O) groups excluding carboxylic acids is 1.